The summed E-state index contributed by atoms with van der Waals surface area (Å²) in [7, 11) is 0. The molecule has 1 fully saturated rings. The summed E-state index contributed by atoms with van der Waals surface area (Å²) in [6.07, 6.45) is 3.50. The van der Waals surface area contributed by atoms with Crippen molar-refractivity contribution in [3.05, 3.63) is 59.2 Å². The minimum absolute atomic E-state index is 0.153. The van der Waals surface area contributed by atoms with Crippen molar-refractivity contribution in [3.8, 4) is 0 Å². The normalized spacial score (nSPS) is 17.0. The molecule has 4 heteroatoms. The molecular weight excluding hydrogens is 324 g/mol. The average Bonchev–Trinajstić information content (AvgIpc) is 2.90. The maximum Gasteiger partial charge on any atom is 0.256 e. The van der Waals surface area contributed by atoms with E-state index in [-0.39, 0.29) is 18.2 Å². The van der Waals surface area contributed by atoms with Gasteiger partial charge in [-0.25, -0.2) is 4.90 Å². The number of unbranched alkanes of at least 4 members (excludes halogenated alkanes) is 1. The lowest BCUT2D eigenvalue weighted by Crippen LogP contribution is -2.35. The van der Waals surface area contributed by atoms with Crippen LogP contribution in [-0.2, 0) is 16.0 Å². The fourth-order valence-electron chi connectivity index (χ4n) is 3.42. The Bertz CT molecular complexity index is 791. The summed E-state index contributed by atoms with van der Waals surface area (Å²) in [4.78, 5) is 26.6. The Morgan fingerprint density at radius 2 is 1.69 bits per heavy atom. The van der Waals surface area contributed by atoms with Gasteiger partial charge in [0, 0.05) is 5.69 Å². The molecule has 4 nitrogen and oxygen atoms in total. The molecule has 1 atom stereocenters. The average molecular weight is 350 g/mol. The summed E-state index contributed by atoms with van der Waals surface area (Å²) in [6, 6.07) is 13.3. The van der Waals surface area contributed by atoms with Gasteiger partial charge in [0.15, 0.2) is 0 Å². The summed E-state index contributed by atoms with van der Waals surface area (Å²) in [5, 5.41) is 3.28. The third-order valence-electron chi connectivity index (χ3n) is 4.96. The van der Waals surface area contributed by atoms with Crippen LogP contribution in [-0.4, -0.2) is 17.9 Å². The maximum atomic E-state index is 12.8. The molecule has 2 amide bonds. The number of imide groups is 1. The number of carbonyl (C=O) groups is 2. The second-order valence-electron chi connectivity index (χ2n) is 7.01. The number of nitrogens with one attached hydrogen (secondary N) is 1. The van der Waals surface area contributed by atoms with Gasteiger partial charge in [-0.1, -0.05) is 43.7 Å². The van der Waals surface area contributed by atoms with Gasteiger partial charge in [0.2, 0.25) is 5.91 Å². The Morgan fingerprint density at radius 3 is 2.31 bits per heavy atom. The summed E-state index contributed by atoms with van der Waals surface area (Å²) in [5.74, 6) is -0.334. The van der Waals surface area contributed by atoms with E-state index in [0.717, 1.165) is 36.1 Å². The number of rotatable bonds is 6. The highest BCUT2D eigenvalue weighted by atomic mass is 16.2. The van der Waals surface area contributed by atoms with Crippen LogP contribution >= 0.6 is 0 Å². The fourth-order valence-corrected chi connectivity index (χ4v) is 3.42. The number of hydrogen-bond acceptors (Lipinski definition) is 3. The van der Waals surface area contributed by atoms with Crippen LogP contribution in [0.1, 0.15) is 42.9 Å². The first-order chi connectivity index (χ1) is 12.5. The molecule has 1 heterocycles. The Balaban J connectivity index is 1.76. The Hall–Kier alpha value is -2.62. The molecule has 2 aromatic rings. The van der Waals surface area contributed by atoms with Crippen molar-refractivity contribution in [1.29, 1.82) is 0 Å². The van der Waals surface area contributed by atoms with Gasteiger partial charge < -0.3 is 5.32 Å². The molecule has 136 valence electrons. The van der Waals surface area contributed by atoms with Crippen LogP contribution in [0.4, 0.5) is 11.4 Å². The Morgan fingerprint density at radius 1 is 1.04 bits per heavy atom. The van der Waals surface area contributed by atoms with Crippen LogP contribution in [0.2, 0.25) is 0 Å². The number of para-hydroxylation sites is 1. The van der Waals surface area contributed by atoms with Gasteiger partial charge in [-0.15, -0.1) is 0 Å². The minimum atomic E-state index is -0.512. The number of hydrogen-bond donors (Lipinski definition) is 1. The smallest absolute Gasteiger partial charge is 0.256 e. The summed E-state index contributed by atoms with van der Waals surface area (Å²) < 4.78 is 0. The maximum absolute atomic E-state index is 12.8. The van der Waals surface area contributed by atoms with Crippen molar-refractivity contribution in [1.82, 2.24) is 0 Å². The van der Waals surface area contributed by atoms with Gasteiger partial charge in [0.1, 0.15) is 6.04 Å². The van der Waals surface area contributed by atoms with Crippen molar-refractivity contribution in [2.75, 3.05) is 10.2 Å². The quantitative estimate of drug-likeness (QED) is 0.786. The van der Waals surface area contributed by atoms with Crippen LogP contribution in [0.25, 0.3) is 0 Å². The SMILES string of the molecule is CCCCc1ccc(N2C(=O)CC(Nc3c(C)cccc3C)C2=O)cc1. The third-order valence-corrected chi connectivity index (χ3v) is 4.96. The third kappa shape index (κ3) is 3.64. The second-order valence-corrected chi connectivity index (χ2v) is 7.01. The molecule has 1 aliphatic heterocycles. The zero-order valence-electron chi connectivity index (χ0n) is 15.7. The topological polar surface area (TPSA) is 49.4 Å². The monoisotopic (exact) mass is 350 g/mol. The predicted molar refractivity (Wildman–Crippen MR) is 105 cm³/mol. The van der Waals surface area contributed by atoms with Crippen LogP contribution in [0.15, 0.2) is 42.5 Å². The van der Waals surface area contributed by atoms with Crippen LogP contribution in [0, 0.1) is 13.8 Å². The van der Waals surface area contributed by atoms with E-state index < -0.39 is 6.04 Å². The molecule has 1 unspecified atom stereocenters. The van der Waals surface area contributed by atoms with Gasteiger partial charge in [-0.2, -0.15) is 0 Å². The number of carbonyl (C=O) groups excluding carboxylic acids is 2. The molecule has 0 aliphatic carbocycles. The van der Waals surface area contributed by atoms with Gasteiger partial charge in [0.25, 0.3) is 5.91 Å². The van der Waals surface area contributed by atoms with Crippen molar-refractivity contribution in [3.63, 3.8) is 0 Å². The van der Waals surface area contributed by atoms with E-state index in [1.165, 1.54) is 10.5 Å². The molecule has 1 aliphatic rings. The van der Waals surface area contributed by atoms with Crippen LogP contribution < -0.4 is 10.2 Å². The van der Waals surface area contributed by atoms with Gasteiger partial charge in [-0.3, -0.25) is 9.59 Å². The van der Waals surface area contributed by atoms with Crippen LogP contribution in [0.5, 0.6) is 0 Å². The highest BCUT2D eigenvalue weighted by Gasteiger charge is 2.39. The number of amides is 2. The van der Waals surface area contributed by atoms with E-state index in [4.69, 9.17) is 0 Å². The second kappa shape index (κ2) is 7.73. The lowest BCUT2D eigenvalue weighted by Gasteiger charge is -2.18. The van der Waals surface area contributed by atoms with E-state index in [2.05, 4.69) is 12.2 Å². The van der Waals surface area contributed by atoms with E-state index in [1.807, 2.05) is 56.3 Å². The molecule has 0 saturated carbocycles. The van der Waals surface area contributed by atoms with Gasteiger partial charge in [0.05, 0.1) is 12.1 Å². The molecule has 26 heavy (non-hydrogen) atoms. The van der Waals surface area contributed by atoms with Crippen molar-refractivity contribution in [2.24, 2.45) is 0 Å². The summed E-state index contributed by atoms with van der Waals surface area (Å²) in [6.45, 7) is 6.17. The molecular formula is C22H26N2O2. The number of nitrogens with zero attached hydrogens (tertiary/aromatic N) is 1. The molecule has 0 radical (unpaired) electrons. The highest BCUT2D eigenvalue weighted by molar-refractivity contribution is 6.23. The van der Waals surface area contributed by atoms with Gasteiger partial charge >= 0.3 is 0 Å². The predicted octanol–water partition coefficient (Wildman–Crippen LogP) is 4.39. The van der Waals surface area contributed by atoms with E-state index in [1.54, 1.807) is 0 Å². The first kappa shape index (κ1) is 18.2. The highest BCUT2D eigenvalue weighted by Crippen LogP contribution is 2.28. The molecule has 3 rings (SSSR count). The zero-order valence-corrected chi connectivity index (χ0v) is 15.7. The molecule has 0 aromatic heterocycles. The number of aryl methyl sites for hydroxylation is 3. The number of benzene rings is 2. The lowest BCUT2D eigenvalue weighted by molar-refractivity contribution is -0.121. The van der Waals surface area contributed by atoms with E-state index >= 15 is 0 Å². The molecule has 0 spiro atoms. The lowest BCUT2D eigenvalue weighted by atomic mass is 10.1. The summed E-state index contributed by atoms with van der Waals surface area (Å²) in [5.41, 5.74) is 4.98. The van der Waals surface area contributed by atoms with Crippen LogP contribution in [0.3, 0.4) is 0 Å². The van der Waals surface area contributed by atoms with Crippen molar-refractivity contribution < 1.29 is 9.59 Å². The molecule has 1 saturated heterocycles. The minimum Gasteiger partial charge on any atom is -0.373 e. The Labute approximate surface area is 155 Å². The number of anilines is 2. The Kier molecular flexibility index (Phi) is 5.40. The van der Waals surface area contributed by atoms with E-state index in [0.29, 0.717) is 5.69 Å². The van der Waals surface area contributed by atoms with Gasteiger partial charge in [-0.05, 0) is 55.5 Å². The molecule has 2 aromatic carbocycles. The zero-order chi connectivity index (χ0) is 18.7. The first-order valence-electron chi connectivity index (χ1n) is 9.29. The standard InChI is InChI=1S/C22H26N2O2/c1-4-5-9-17-10-12-18(13-11-17)24-20(25)14-19(22(24)26)23-21-15(2)7-6-8-16(21)3/h6-8,10-13,19,23H,4-5,9,14H2,1-3H3. The largest absolute Gasteiger partial charge is 0.373 e. The molecule has 0 bridgehead atoms. The first-order valence-corrected chi connectivity index (χ1v) is 9.29. The summed E-state index contributed by atoms with van der Waals surface area (Å²) >= 11 is 0. The van der Waals surface area contributed by atoms with E-state index in [9.17, 15) is 9.59 Å². The van der Waals surface area contributed by atoms with Crippen molar-refractivity contribution in [2.45, 2.75) is 52.5 Å². The fraction of sp³-hybridized carbons (Fsp3) is 0.364. The molecule has 1 N–H and O–H groups in total. The van der Waals surface area contributed by atoms with Crippen molar-refractivity contribution >= 4 is 23.2 Å².